The van der Waals surface area contributed by atoms with Crippen LogP contribution < -0.4 is 10.6 Å². The standard InChI is InChI=1S/C16H26N4OS.HI/c1-4-17-16(18-9-13-6-8-22-11-13)19-14-5-7-20(10-14)15(21)12(2)3;/h6,8,11-12,14H,4-5,7,9-10H2,1-3H3,(H2,17,18,19);1H. The number of amides is 1. The van der Waals surface area contributed by atoms with Crippen LogP contribution in [0.3, 0.4) is 0 Å². The van der Waals surface area contributed by atoms with E-state index in [0.717, 1.165) is 32.0 Å². The van der Waals surface area contributed by atoms with Gasteiger partial charge in [0.05, 0.1) is 6.54 Å². The molecule has 23 heavy (non-hydrogen) atoms. The van der Waals surface area contributed by atoms with Crippen LogP contribution in [-0.2, 0) is 11.3 Å². The maximum absolute atomic E-state index is 12.0. The van der Waals surface area contributed by atoms with Crippen LogP contribution in [0.15, 0.2) is 21.8 Å². The maximum atomic E-state index is 12.0. The van der Waals surface area contributed by atoms with Crippen molar-refractivity contribution in [2.75, 3.05) is 19.6 Å². The molecule has 0 aliphatic carbocycles. The second-order valence-electron chi connectivity index (χ2n) is 5.90. The van der Waals surface area contributed by atoms with Crippen LogP contribution in [0.1, 0.15) is 32.8 Å². The minimum absolute atomic E-state index is 0. The first-order valence-electron chi connectivity index (χ1n) is 7.94. The lowest BCUT2D eigenvalue weighted by molar-refractivity contribution is -0.133. The smallest absolute Gasteiger partial charge is 0.225 e. The lowest BCUT2D eigenvalue weighted by Gasteiger charge is -2.20. The van der Waals surface area contributed by atoms with Gasteiger partial charge in [0.2, 0.25) is 5.91 Å². The number of hydrogen-bond acceptors (Lipinski definition) is 3. The molecule has 1 amide bonds. The first kappa shape index (κ1) is 20.2. The van der Waals surface area contributed by atoms with Gasteiger partial charge in [0.15, 0.2) is 5.96 Å². The van der Waals surface area contributed by atoms with Gasteiger partial charge in [-0.3, -0.25) is 4.79 Å². The van der Waals surface area contributed by atoms with Crippen molar-refractivity contribution in [1.29, 1.82) is 0 Å². The zero-order valence-electron chi connectivity index (χ0n) is 14.0. The number of thiophene rings is 1. The molecule has 0 radical (unpaired) electrons. The monoisotopic (exact) mass is 450 g/mol. The van der Waals surface area contributed by atoms with E-state index in [9.17, 15) is 4.79 Å². The predicted molar refractivity (Wildman–Crippen MR) is 108 cm³/mol. The number of nitrogens with one attached hydrogen (secondary N) is 2. The van der Waals surface area contributed by atoms with Crippen molar-refractivity contribution in [3.8, 4) is 0 Å². The molecule has 1 aliphatic heterocycles. The molecule has 2 rings (SSSR count). The van der Waals surface area contributed by atoms with Crippen molar-refractivity contribution in [3.05, 3.63) is 22.4 Å². The molecule has 2 N–H and O–H groups in total. The molecule has 1 atom stereocenters. The Labute approximate surface area is 160 Å². The molecule has 2 heterocycles. The van der Waals surface area contributed by atoms with Crippen LogP contribution in [0.5, 0.6) is 0 Å². The van der Waals surface area contributed by atoms with E-state index in [1.54, 1.807) is 11.3 Å². The third-order valence-electron chi connectivity index (χ3n) is 3.68. The number of guanidine groups is 1. The summed E-state index contributed by atoms with van der Waals surface area (Å²) in [5, 5.41) is 10.9. The second kappa shape index (κ2) is 10.1. The van der Waals surface area contributed by atoms with Gasteiger partial charge in [-0.15, -0.1) is 24.0 Å². The van der Waals surface area contributed by atoms with E-state index in [2.05, 4.69) is 39.4 Å². The molecule has 0 saturated carbocycles. The van der Waals surface area contributed by atoms with Crippen molar-refractivity contribution in [2.45, 2.75) is 39.8 Å². The Morgan fingerprint density at radius 1 is 1.52 bits per heavy atom. The van der Waals surface area contributed by atoms with Crippen molar-refractivity contribution in [2.24, 2.45) is 10.9 Å². The Morgan fingerprint density at radius 2 is 2.30 bits per heavy atom. The number of carbonyl (C=O) groups excluding carboxylic acids is 1. The number of hydrogen-bond donors (Lipinski definition) is 2. The van der Waals surface area contributed by atoms with Crippen LogP contribution in [-0.4, -0.2) is 42.4 Å². The molecular weight excluding hydrogens is 423 g/mol. The van der Waals surface area contributed by atoms with Crippen molar-refractivity contribution in [3.63, 3.8) is 0 Å². The summed E-state index contributed by atoms with van der Waals surface area (Å²) in [6, 6.07) is 2.37. The SMILES string of the molecule is CCNC(=NCc1ccsc1)NC1CCN(C(=O)C(C)C)C1.I. The third kappa shape index (κ3) is 6.29. The minimum Gasteiger partial charge on any atom is -0.357 e. The fraction of sp³-hybridized carbons (Fsp3) is 0.625. The van der Waals surface area contributed by atoms with E-state index in [0.29, 0.717) is 6.54 Å². The van der Waals surface area contributed by atoms with E-state index in [1.165, 1.54) is 5.56 Å². The highest BCUT2D eigenvalue weighted by atomic mass is 127. The summed E-state index contributed by atoms with van der Waals surface area (Å²) in [5.74, 6) is 1.14. The molecule has 1 aromatic heterocycles. The number of likely N-dealkylation sites (tertiary alicyclic amines) is 1. The Balaban J connectivity index is 0.00000264. The molecule has 1 fully saturated rings. The van der Waals surface area contributed by atoms with Crippen molar-refractivity contribution in [1.82, 2.24) is 15.5 Å². The fourth-order valence-corrected chi connectivity index (χ4v) is 3.17. The van der Waals surface area contributed by atoms with Crippen LogP contribution >= 0.6 is 35.3 Å². The first-order chi connectivity index (χ1) is 10.6. The number of rotatable bonds is 5. The van der Waals surface area contributed by atoms with Crippen molar-refractivity contribution >= 4 is 47.2 Å². The normalized spacial score (nSPS) is 18.0. The number of halogens is 1. The zero-order valence-corrected chi connectivity index (χ0v) is 17.2. The molecule has 1 aromatic rings. The molecule has 7 heteroatoms. The Morgan fingerprint density at radius 3 is 2.91 bits per heavy atom. The molecule has 1 unspecified atom stereocenters. The van der Waals surface area contributed by atoms with Gasteiger partial charge in [0.1, 0.15) is 0 Å². The quantitative estimate of drug-likeness (QED) is 0.412. The minimum atomic E-state index is 0. The molecule has 1 aliphatic rings. The Hall–Kier alpha value is -0.830. The Kier molecular flexibility index (Phi) is 8.90. The molecule has 0 aromatic carbocycles. The highest BCUT2D eigenvalue weighted by Crippen LogP contribution is 2.13. The fourth-order valence-electron chi connectivity index (χ4n) is 2.51. The van der Waals surface area contributed by atoms with Gasteiger partial charge < -0.3 is 15.5 Å². The largest absolute Gasteiger partial charge is 0.357 e. The van der Waals surface area contributed by atoms with Gasteiger partial charge in [0, 0.05) is 31.6 Å². The van der Waals surface area contributed by atoms with E-state index in [4.69, 9.17) is 0 Å². The van der Waals surface area contributed by atoms with Crippen LogP contribution in [0.25, 0.3) is 0 Å². The van der Waals surface area contributed by atoms with E-state index in [1.807, 2.05) is 18.7 Å². The summed E-state index contributed by atoms with van der Waals surface area (Å²) >= 11 is 1.69. The number of carbonyl (C=O) groups is 1. The predicted octanol–water partition coefficient (Wildman–Crippen LogP) is 2.68. The molecule has 130 valence electrons. The number of nitrogens with zero attached hydrogens (tertiary/aromatic N) is 2. The zero-order chi connectivity index (χ0) is 15.9. The topological polar surface area (TPSA) is 56.7 Å². The van der Waals surface area contributed by atoms with Gasteiger partial charge in [-0.05, 0) is 35.7 Å². The van der Waals surface area contributed by atoms with Crippen LogP contribution in [0.2, 0.25) is 0 Å². The molecule has 1 saturated heterocycles. The lowest BCUT2D eigenvalue weighted by atomic mass is 10.2. The summed E-state index contributed by atoms with van der Waals surface area (Å²) in [6.07, 6.45) is 0.974. The average Bonchev–Trinajstić information content (AvgIpc) is 3.15. The summed E-state index contributed by atoms with van der Waals surface area (Å²) in [5.41, 5.74) is 1.23. The van der Waals surface area contributed by atoms with Gasteiger partial charge >= 0.3 is 0 Å². The van der Waals surface area contributed by atoms with Gasteiger partial charge in [-0.2, -0.15) is 11.3 Å². The summed E-state index contributed by atoms with van der Waals surface area (Å²) in [6.45, 7) is 9.07. The summed E-state index contributed by atoms with van der Waals surface area (Å²) < 4.78 is 0. The van der Waals surface area contributed by atoms with E-state index >= 15 is 0 Å². The van der Waals surface area contributed by atoms with E-state index in [-0.39, 0.29) is 41.8 Å². The maximum Gasteiger partial charge on any atom is 0.225 e. The third-order valence-corrected chi connectivity index (χ3v) is 4.41. The van der Waals surface area contributed by atoms with E-state index < -0.39 is 0 Å². The summed E-state index contributed by atoms with van der Waals surface area (Å²) in [4.78, 5) is 18.6. The van der Waals surface area contributed by atoms with Crippen molar-refractivity contribution < 1.29 is 4.79 Å². The van der Waals surface area contributed by atoms with Gasteiger partial charge in [0.25, 0.3) is 0 Å². The van der Waals surface area contributed by atoms with Gasteiger partial charge in [-0.1, -0.05) is 13.8 Å². The molecular formula is C16H27IN4OS. The van der Waals surface area contributed by atoms with Crippen LogP contribution in [0.4, 0.5) is 0 Å². The summed E-state index contributed by atoms with van der Waals surface area (Å²) in [7, 11) is 0. The average molecular weight is 450 g/mol. The second-order valence-corrected chi connectivity index (χ2v) is 6.68. The highest BCUT2D eigenvalue weighted by molar-refractivity contribution is 14.0. The lowest BCUT2D eigenvalue weighted by Crippen LogP contribution is -2.45. The van der Waals surface area contributed by atoms with Gasteiger partial charge in [-0.25, -0.2) is 4.99 Å². The highest BCUT2D eigenvalue weighted by Gasteiger charge is 2.27. The Bertz CT molecular complexity index is 504. The first-order valence-corrected chi connectivity index (χ1v) is 8.89. The molecule has 0 bridgehead atoms. The van der Waals surface area contributed by atoms with Crippen LogP contribution in [0, 0.1) is 5.92 Å². The number of aliphatic imine (C=N–C) groups is 1. The molecule has 5 nitrogen and oxygen atoms in total. The molecule has 0 spiro atoms.